The summed E-state index contributed by atoms with van der Waals surface area (Å²) in [6.45, 7) is 1.57. The Morgan fingerprint density at radius 2 is 1.72 bits per heavy atom. The van der Waals surface area contributed by atoms with E-state index in [1.54, 1.807) is 35.0 Å². The van der Waals surface area contributed by atoms with Crippen molar-refractivity contribution in [2.24, 2.45) is 0 Å². The van der Waals surface area contributed by atoms with Crippen molar-refractivity contribution in [3.8, 4) is 23.0 Å². The Balaban J connectivity index is 1.87. The van der Waals surface area contributed by atoms with Crippen LogP contribution in [-0.4, -0.2) is 33.8 Å². The van der Waals surface area contributed by atoms with E-state index in [9.17, 15) is 10.1 Å². The molecule has 9 heteroatoms. The Morgan fingerprint density at radius 1 is 1.03 bits per heavy atom. The molecule has 0 atom stereocenters. The van der Waals surface area contributed by atoms with Crippen molar-refractivity contribution in [2.45, 2.75) is 25.7 Å². The third-order valence-electron chi connectivity index (χ3n) is 5.33. The van der Waals surface area contributed by atoms with Gasteiger partial charge in [0.05, 0.1) is 28.9 Å². The van der Waals surface area contributed by atoms with Crippen LogP contribution in [0.5, 0.6) is 0 Å². The Kier molecular flexibility index (Phi) is 7.02. The van der Waals surface area contributed by atoms with Crippen molar-refractivity contribution in [3.63, 3.8) is 0 Å². The first-order valence-corrected chi connectivity index (χ1v) is 11.4. The maximum absolute atomic E-state index is 13.2. The molecular weight excluding hydrogens is 469 g/mol. The summed E-state index contributed by atoms with van der Waals surface area (Å²) in [4.78, 5) is 13.2. The summed E-state index contributed by atoms with van der Waals surface area (Å²) < 4.78 is 1.60. The Hall–Kier alpha value is -2.56. The van der Waals surface area contributed by atoms with E-state index in [2.05, 4.69) is 16.6 Å². The molecule has 0 saturated carbocycles. The highest BCUT2D eigenvalue weighted by Crippen LogP contribution is 2.34. The zero-order chi connectivity index (χ0) is 22.7. The van der Waals surface area contributed by atoms with E-state index in [4.69, 9.17) is 34.8 Å². The molecular formula is C23H20Cl3N5O. The van der Waals surface area contributed by atoms with Gasteiger partial charge >= 0.3 is 0 Å². The number of hydrazine groups is 1. The molecule has 0 unspecified atom stereocenters. The van der Waals surface area contributed by atoms with E-state index in [1.165, 1.54) is 0 Å². The van der Waals surface area contributed by atoms with Gasteiger partial charge in [-0.1, -0.05) is 53.4 Å². The Morgan fingerprint density at radius 3 is 2.38 bits per heavy atom. The third kappa shape index (κ3) is 4.77. The molecule has 0 bridgehead atoms. The standard InChI is InChI=1S/C23H20Cl3N5O/c24-16-6-4-15(5-7-16)22-18(10-11-27)21(23(32)29-30-12-2-1-3-13-30)28-31(22)20-9-8-17(25)14-19(20)26/h4-9,14H,1-3,10,12-13H2,(H,29,32). The number of nitrogens with one attached hydrogen (secondary N) is 1. The molecule has 1 aliphatic heterocycles. The summed E-state index contributed by atoms with van der Waals surface area (Å²) in [6, 6.07) is 14.4. The Bertz CT molecular complexity index is 1180. The maximum atomic E-state index is 13.2. The number of aromatic nitrogens is 2. The first-order valence-electron chi connectivity index (χ1n) is 10.2. The van der Waals surface area contributed by atoms with E-state index in [1.807, 2.05) is 17.1 Å². The third-order valence-corrected chi connectivity index (χ3v) is 6.12. The van der Waals surface area contributed by atoms with Crippen molar-refractivity contribution in [1.82, 2.24) is 20.2 Å². The van der Waals surface area contributed by atoms with Gasteiger partial charge in [0, 0.05) is 34.3 Å². The highest BCUT2D eigenvalue weighted by atomic mass is 35.5. The van der Waals surface area contributed by atoms with Crippen LogP contribution in [0.4, 0.5) is 0 Å². The second-order valence-electron chi connectivity index (χ2n) is 7.51. The predicted molar refractivity (Wildman–Crippen MR) is 126 cm³/mol. The van der Waals surface area contributed by atoms with Crippen LogP contribution < -0.4 is 5.43 Å². The van der Waals surface area contributed by atoms with Gasteiger partial charge in [0.25, 0.3) is 5.91 Å². The lowest BCUT2D eigenvalue weighted by atomic mass is 10.0. The van der Waals surface area contributed by atoms with E-state index < -0.39 is 0 Å². The second kappa shape index (κ2) is 9.93. The summed E-state index contributed by atoms with van der Waals surface area (Å²) in [6.07, 6.45) is 3.20. The highest BCUT2D eigenvalue weighted by Gasteiger charge is 2.27. The van der Waals surface area contributed by atoms with E-state index in [0.29, 0.717) is 32.0 Å². The second-order valence-corrected chi connectivity index (χ2v) is 8.79. The van der Waals surface area contributed by atoms with Crippen LogP contribution >= 0.6 is 34.8 Å². The fourth-order valence-corrected chi connectivity index (χ4v) is 4.43. The van der Waals surface area contributed by atoms with Crippen LogP contribution in [0.15, 0.2) is 42.5 Å². The molecule has 1 amide bonds. The van der Waals surface area contributed by atoms with Crippen LogP contribution in [0, 0.1) is 11.3 Å². The molecule has 1 fully saturated rings. The van der Waals surface area contributed by atoms with Gasteiger partial charge in [-0.2, -0.15) is 10.4 Å². The first kappa shape index (κ1) is 22.6. The minimum atomic E-state index is -0.351. The zero-order valence-corrected chi connectivity index (χ0v) is 19.4. The van der Waals surface area contributed by atoms with Crippen molar-refractivity contribution in [1.29, 1.82) is 5.26 Å². The van der Waals surface area contributed by atoms with Crippen LogP contribution in [-0.2, 0) is 6.42 Å². The van der Waals surface area contributed by atoms with E-state index in [0.717, 1.165) is 37.9 Å². The van der Waals surface area contributed by atoms with E-state index >= 15 is 0 Å². The van der Waals surface area contributed by atoms with Gasteiger partial charge in [0.2, 0.25) is 0 Å². The Labute approximate surface area is 201 Å². The number of hydrogen-bond acceptors (Lipinski definition) is 4. The summed E-state index contributed by atoms with van der Waals surface area (Å²) in [7, 11) is 0. The molecule has 1 saturated heterocycles. The van der Waals surface area contributed by atoms with Crippen molar-refractivity contribution < 1.29 is 4.79 Å². The molecule has 2 aromatic carbocycles. The number of benzene rings is 2. The fraction of sp³-hybridized carbons (Fsp3) is 0.261. The topological polar surface area (TPSA) is 74.0 Å². The lowest BCUT2D eigenvalue weighted by Crippen LogP contribution is -2.45. The summed E-state index contributed by atoms with van der Waals surface area (Å²) >= 11 is 18.6. The number of hydrogen-bond donors (Lipinski definition) is 1. The number of nitrogens with zero attached hydrogens (tertiary/aromatic N) is 4. The molecule has 164 valence electrons. The van der Waals surface area contributed by atoms with Gasteiger partial charge in [-0.25, -0.2) is 9.69 Å². The normalized spacial score (nSPS) is 14.2. The monoisotopic (exact) mass is 487 g/mol. The molecule has 4 rings (SSSR count). The molecule has 32 heavy (non-hydrogen) atoms. The molecule has 1 N–H and O–H groups in total. The maximum Gasteiger partial charge on any atom is 0.286 e. The highest BCUT2D eigenvalue weighted by molar-refractivity contribution is 6.35. The number of rotatable bonds is 5. The van der Waals surface area contributed by atoms with Gasteiger partial charge in [0.15, 0.2) is 5.69 Å². The molecule has 1 aromatic heterocycles. The number of piperidine rings is 1. The van der Waals surface area contributed by atoms with Crippen LogP contribution in [0.3, 0.4) is 0 Å². The van der Waals surface area contributed by atoms with Crippen molar-refractivity contribution in [3.05, 3.63) is 68.8 Å². The number of nitriles is 1. The summed E-state index contributed by atoms with van der Waals surface area (Å²) in [5.74, 6) is -0.351. The summed E-state index contributed by atoms with van der Waals surface area (Å²) in [5.41, 5.74) is 5.58. The van der Waals surface area contributed by atoms with Gasteiger partial charge < -0.3 is 0 Å². The number of carbonyl (C=O) groups excluding carboxylic acids is 1. The smallest absolute Gasteiger partial charge is 0.283 e. The lowest BCUT2D eigenvalue weighted by molar-refractivity contribution is 0.0743. The van der Waals surface area contributed by atoms with Gasteiger partial charge in [0.1, 0.15) is 0 Å². The first-order chi connectivity index (χ1) is 15.5. The van der Waals surface area contributed by atoms with Crippen LogP contribution in [0.2, 0.25) is 15.1 Å². The van der Waals surface area contributed by atoms with Crippen LogP contribution in [0.25, 0.3) is 16.9 Å². The SMILES string of the molecule is N#CCc1c(C(=O)NN2CCCCC2)nn(-c2ccc(Cl)cc2Cl)c1-c1ccc(Cl)cc1. The molecule has 1 aliphatic rings. The van der Waals surface area contributed by atoms with Crippen LogP contribution in [0.1, 0.15) is 35.3 Å². The quantitative estimate of drug-likeness (QED) is 0.500. The minimum absolute atomic E-state index is 0.00587. The fourth-order valence-electron chi connectivity index (χ4n) is 3.81. The predicted octanol–water partition coefficient (Wildman–Crippen LogP) is 5.70. The zero-order valence-electron chi connectivity index (χ0n) is 17.1. The number of halogens is 3. The lowest BCUT2D eigenvalue weighted by Gasteiger charge is -2.26. The average molecular weight is 489 g/mol. The van der Waals surface area contributed by atoms with E-state index in [-0.39, 0.29) is 18.0 Å². The number of amides is 1. The van der Waals surface area contributed by atoms with Gasteiger partial charge in [-0.3, -0.25) is 10.2 Å². The van der Waals surface area contributed by atoms with Gasteiger partial charge in [-0.05, 0) is 43.2 Å². The minimum Gasteiger partial charge on any atom is -0.283 e. The molecule has 0 aliphatic carbocycles. The average Bonchev–Trinajstić information content (AvgIpc) is 3.14. The molecule has 6 nitrogen and oxygen atoms in total. The molecule has 0 radical (unpaired) electrons. The van der Waals surface area contributed by atoms with Crippen molar-refractivity contribution >= 4 is 40.7 Å². The molecule has 2 heterocycles. The largest absolute Gasteiger partial charge is 0.286 e. The number of carbonyl (C=O) groups is 1. The molecule has 0 spiro atoms. The summed E-state index contributed by atoms with van der Waals surface area (Å²) in [5, 5.41) is 17.5. The van der Waals surface area contributed by atoms with Crippen molar-refractivity contribution in [2.75, 3.05) is 13.1 Å². The molecule has 3 aromatic rings. The van der Waals surface area contributed by atoms with Gasteiger partial charge in [-0.15, -0.1) is 0 Å².